The van der Waals surface area contributed by atoms with Crippen LogP contribution in [0, 0.1) is 0 Å². The third-order valence-corrected chi connectivity index (χ3v) is 3.44. The molecule has 0 aromatic heterocycles. The Morgan fingerprint density at radius 3 is 2.42 bits per heavy atom. The Balaban J connectivity index is 3.74. The van der Waals surface area contributed by atoms with Gasteiger partial charge in [0.2, 0.25) is 0 Å². The minimum atomic E-state index is -0.831. The lowest BCUT2D eigenvalue weighted by Gasteiger charge is -2.02. The van der Waals surface area contributed by atoms with E-state index in [2.05, 4.69) is 6.92 Å². The van der Waals surface area contributed by atoms with E-state index < -0.39 is 12.1 Å². The number of aliphatic hydroxyl groups excluding tert-OH is 2. The highest BCUT2D eigenvalue weighted by Gasteiger charge is 2.01. The number of hydrogen-bond acceptors (Lipinski definition) is 3. The SMILES string of the molecule is CCCCC/C(O)=C/C/C=C/C/C=C/C=C/[C@@H](O)CCCC(=O)O. The third kappa shape index (κ3) is 16.6. The molecule has 0 unspecified atom stereocenters. The maximum absolute atomic E-state index is 10.3. The van der Waals surface area contributed by atoms with Crippen molar-refractivity contribution in [1.82, 2.24) is 0 Å². The second kappa shape index (κ2) is 16.1. The lowest BCUT2D eigenvalue weighted by Crippen LogP contribution is -2.03. The first kappa shape index (κ1) is 22.2. The molecule has 3 N–H and O–H groups in total. The van der Waals surface area contributed by atoms with E-state index in [1.807, 2.05) is 30.4 Å². The topological polar surface area (TPSA) is 77.8 Å². The lowest BCUT2D eigenvalue weighted by atomic mass is 10.1. The van der Waals surface area contributed by atoms with Gasteiger partial charge >= 0.3 is 5.97 Å². The molecule has 0 radical (unpaired) electrons. The standard InChI is InChI=1S/C20H32O4/c1-2-3-9-13-18(21)14-10-7-5-4-6-8-11-15-19(22)16-12-17-20(23)24/h5-8,11,14-15,19,21-22H,2-4,9-10,12-13,16-17H2,1H3,(H,23,24)/b7-5+,8-6+,15-11+,18-14-/t19-/m1/s1. The van der Waals surface area contributed by atoms with E-state index in [1.165, 1.54) is 0 Å². The summed E-state index contributed by atoms with van der Waals surface area (Å²) >= 11 is 0. The molecule has 0 heterocycles. The monoisotopic (exact) mass is 336 g/mol. The van der Waals surface area contributed by atoms with Gasteiger partial charge in [-0.05, 0) is 38.2 Å². The van der Waals surface area contributed by atoms with E-state index in [9.17, 15) is 15.0 Å². The van der Waals surface area contributed by atoms with Crippen LogP contribution in [0.4, 0.5) is 0 Å². The van der Waals surface area contributed by atoms with Crippen molar-refractivity contribution < 1.29 is 20.1 Å². The second-order valence-electron chi connectivity index (χ2n) is 5.76. The van der Waals surface area contributed by atoms with Crippen molar-refractivity contribution >= 4 is 5.97 Å². The van der Waals surface area contributed by atoms with E-state index in [4.69, 9.17) is 5.11 Å². The smallest absolute Gasteiger partial charge is 0.303 e. The quantitative estimate of drug-likeness (QED) is 0.179. The molecule has 1 atom stereocenters. The molecular weight excluding hydrogens is 304 g/mol. The molecule has 136 valence electrons. The van der Waals surface area contributed by atoms with Crippen molar-refractivity contribution in [3.63, 3.8) is 0 Å². The fourth-order valence-electron chi connectivity index (χ4n) is 2.04. The molecule has 0 aliphatic carbocycles. The molecule has 0 aromatic rings. The summed E-state index contributed by atoms with van der Waals surface area (Å²) in [5.74, 6) is -0.356. The van der Waals surface area contributed by atoms with Gasteiger partial charge in [-0.1, -0.05) is 56.2 Å². The molecule has 0 aliphatic rings. The minimum Gasteiger partial charge on any atom is -0.513 e. The van der Waals surface area contributed by atoms with Gasteiger partial charge < -0.3 is 15.3 Å². The molecule has 4 nitrogen and oxygen atoms in total. The van der Waals surface area contributed by atoms with E-state index in [0.29, 0.717) is 18.6 Å². The van der Waals surface area contributed by atoms with Gasteiger partial charge in [0.15, 0.2) is 0 Å². The Hall–Kier alpha value is -1.81. The zero-order valence-electron chi connectivity index (χ0n) is 14.7. The Kier molecular flexibility index (Phi) is 14.9. The number of carboxylic acids is 1. The normalized spacial score (nSPS) is 14.2. The van der Waals surface area contributed by atoms with Crippen LogP contribution >= 0.6 is 0 Å². The number of aliphatic carboxylic acids is 1. The van der Waals surface area contributed by atoms with Gasteiger partial charge in [0.25, 0.3) is 0 Å². The van der Waals surface area contributed by atoms with Crippen LogP contribution < -0.4 is 0 Å². The molecule has 0 fully saturated rings. The fraction of sp³-hybridized carbons (Fsp3) is 0.550. The predicted molar refractivity (Wildman–Crippen MR) is 99.0 cm³/mol. The summed E-state index contributed by atoms with van der Waals surface area (Å²) in [5.41, 5.74) is 0. The zero-order chi connectivity index (χ0) is 18.0. The van der Waals surface area contributed by atoms with Gasteiger partial charge in [-0.2, -0.15) is 0 Å². The molecule has 0 rings (SSSR count). The molecular formula is C20H32O4. The van der Waals surface area contributed by atoms with Gasteiger partial charge in [0.05, 0.1) is 11.9 Å². The number of carbonyl (C=O) groups is 1. The Morgan fingerprint density at radius 1 is 0.958 bits per heavy atom. The fourth-order valence-corrected chi connectivity index (χ4v) is 2.04. The van der Waals surface area contributed by atoms with Gasteiger partial charge in [0, 0.05) is 12.8 Å². The van der Waals surface area contributed by atoms with Crippen molar-refractivity contribution in [1.29, 1.82) is 0 Å². The number of hydrogen-bond donors (Lipinski definition) is 3. The van der Waals surface area contributed by atoms with Crippen molar-refractivity contribution in [3.8, 4) is 0 Å². The van der Waals surface area contributed by atoms with Crippen molar-refractivity contribution in [3.05, 3.63) is 48.3 Å². The van der Waals surface area contributed by atoms with Gasteiger partial charge in [0.1, 0.15) is 0 Å². The van der Waals surface area contributed by atoms with Crippen LogP contribution in [0.3, 0.4) is 0 Å². The van der Waals surface area contributed by atoms with Crippen molar-refractivity contribution in [2.75, 3.05) is 0 Å². The van der Waals surface area contributed by atoms with Gasteiger partial charge in [-0.15, -0.1) is 0 Å². The highest BCUT2D eigenvalue weighted by atomic mass is 16.4. The average Bonchev–Trinajstić information content (AvgIpc) is 2.53. The Bertz CT molecular complexity index is 433. The summed E-state index contributed by atoms with van der Waals surface area (Å²) in [6, 6.07) is 0. The van der Waals surface area contributed by atoms with E-state index in [1.54, 1.807) is 12.2 Å². The average molecular weight is 336 g/mol. The van der Waals surface area contributed by atoms with Crippen molar-refractivity contribution in [2.24, 2.45) is 0 Å². The van der Waals surface area contributed by atoms with Crippen LogP contribution in [0.25, 0.3) is 0 Å². The first-order chi connectivity index (χ1) is 11.6. The Morgan fingerprint density at radius 2 is 1.71 bits per heavy atom. The number of aliphatic hydroxyl groups is 2. The van der Waals surface area contributed by atoms with Gasteiger partial charge in [-0.25, -0.2) is 0 Å². The maximum atomic E-state index is 10.3. The predicted octanol–water partition coefficient (Wildman–Crippen LogP) is 5.07. The highest BCUT2D eigenvalue weighted by Crippen LogP contribution is 2.07. The lowest BCUT2D eigenvalue weighted by molar-refractivity contribution is -0.137. The molecule has 0 bridgehead atoms. The summed E-state index contributed by atoms with van der Waals surface area (Å²) in [7, 11) is 0. The molecule has 0 saturated heterocycles. The molecule has 24 heavy (non-hydrogen) atoms. The third-order valence-electron chi connectivity index (χ3n) is 3.44. The van der Waals surface area contributed by atoms with Crippen LogP contribution in [0.1, 0.15) is 64.7 Å². The Labute approximate surface area is 145 Å². The van der Waals surface area contributed by atoms with Gasteiger partial charge in [-0.3, -0.25) is 4.79 Å². The molecule has 0 amide bonds. The molecule has 4 heteroatoms. The maximum Gasteiger partial charge on any atom is 0.303 e. The summed E-state index contributed by atoms with van der Waals surface area (Å²) in [6.45, 7) is 2.15. The van der Waals surface area contributed by atoms with E-state index in [-0.39, 0.29) is 6.42 Å². The first-order valence-electron chi connectivity index (χ1n) is 8.82. The van der Waals surface area contributed by atoms with Crippen LogP contribution in [-0.2, 0) is 4.79 Å². The number of carboxylic acid groups (broad SMARTS) is 1. The molecule has 0 saturated carbocycles. The van der Waals surface area contributed by atoms with E-state index >= 15 is 0 Å². The second-order valence-corrected chi connectivity index (χ2v) is 5.76. The summed E-state index contributed by atoms with van der Waals surface area (Å²) in [4.78, 5) is 10.3. The van der Waals surface area contributed by atoms with Crippen LogP contribution in [-0.4, -0.2) is 27.4 Å². The zero-order valence-corrected chi connectivity index (χ0v) is 14.7. The number of unbranched alkanes of at least 4 members (excludes halogenated alkanes) is 2. The number of rotatable bonds is 14. The molecule has 0 aliphatic heterocycles. The van der Waals surface area contributed by atoms with E-state index in [0.717, 1.165) is 38.5 Å². The number of allylic oxidation sites excluding steroid dienone is 7. The van der Waals surface area contributed by atoms with Crippen molar-refractivity contribution in [2.45, 2.75) is 70.8 Å². The summed E-state index contributed by atoms with van der Waals surface area (Å²) in [5, 5.41) is 27.8. The van der Waals surface area contributed by atoms with Crippen LogP contribution in [0.2, 0.25) is 0 Å². The summed E-state index contributed by atoms with van der Waals surface area (Å²) < 4.78 is 0. The van der Waals surface area contributed by atoms with Crippen LogP contribution in [0.15, 0.2) is 48.3 Å². The molecule has 0 spiro atoms. The van der Waals surface area contributed by atoms with Crippen LogP contribution in [0.5, 0.6) is 0 Å². The largest absolute Gasteiger partial charge is 0.513 e. The molecule has 0 aromatic carbocycles. The minimum absolute atomic E-state index is 0.0914. The summed E-state index contributed by atoms with van der Waals surface area (Å²) in [6.07, 6.45) is 19.3. The highest BCUT2D eigenvalue weighted by molar-refractivity contribution is 5.66. The first-order valence-corrected chi connectivity index (χ1v) is 8.82.